The van der Waals surface area contributed by atoms with Crippen LogP contribution in [0.2, 0.25) is 0 Å². The summed E-state index contributed by atoms with van der Waals surface area (Å²) < 4.78 is 0. The molecule has 0 aliphatic heterocycles. The predicted molar refractivity (Wildman–Crippen MR) is 73.9 cm³/mol. The largest absolute Gasteiger partial charge is 0.392 e. The molecule has 1 aromatic heterocycles. The Labute approximate surface area is 111 Å². The van der Waals surface area contributed by atoms with Gasteiger partial charge in [0.05, 0.1) is 16.4 Å². The fourth-order valence-electron chi connectivity index (χ4n) is 1.20. The van der Waals surface area contributed by atoms with E-state index in [1.54, 1.807) is 20.0 Å². The fraction of sp³-hybridized carbons (Fsp3) is 0.545. The summed E-state index contributed by atoms with van der Waals surface area (Å²) in [4.78, 5) is 16.5. The second-order valence-corrected chi connectivity index (χ2v) is 5.66. The Balaban J connectivity index is 2.77. The number of hydrogen-bond acceptors (Lipinski definition) is 4. The lowest BCUT2D eigenvalue weighted by Gasteiger charge is -2.25. The van der Waals surface area contributed by atoms with Gasteiger partial charge in [-0.15, -0.1) is 11.3 Å². The summed E-state index contributed by atoms with van der Waals surface area (Å²) in [6.07, 6.45) is 2.51. The number of carbonyl (C=O) groups is 1. The Morgan fingerprint density at radius 1 is 1.71 bits per heavy atom. The molecule has 0 bridgehead atoms. The molecule has 3 N–H and O–H groups in total. The topological polar surface area (TPSA) is 68.0 Å². The number of nitrogens with two attached hydrogens (primary N) is 1. The van der Waals surface area contributed by atoms with Gasteiger partial charge in [0.15, 0.2) is 0 Å². The molecule has 1 aromatic rings. The van der Waals surface area contributed by atoms with E-state index in [-0.39, 0.29) is 16.9 Å². The summed E-state index contributed by atoms with van der Waals surface area (Å²) in [6.45, 7) is 5.44. The molecule has 1 amide bonds. The zero-order valence-corrected chi connectivity index (χ0v) is 11.8. The smallest absolute Gasteiger partial charge is 0.233 e. The summed E-state index contributed by atoms with van der Waals surface area (Å²) in [5.74, 6) is -0.160. The molecule has 94 valence electrons. The van der Waals surface area contributed by atoms with E-state index in [1.165, 1.54) is 11.3 Å². The van der Waals surface area contributed by atoms with Crippen molar-refractivity contribution in [1.29, 1.82) is 0 Å². The first kappa shape index (κ1) is 14.1. The molecular weight excluding hydrogens is 254 g/mol. The van der Waals surface area contributed by atoms with Gasteiger partial charge in [-0.2, -0.15) is 0 Å². The number of nitrogens with one attached hydrogen (secondary N) is 1. The molecule has 17 heavy (non-hydrogen) atoms. The molecule has 0 aromatic carbocycles. The minimum Gasteiger partial charge on any atom is -0.392 e. The van der Waals surface area contributed by atoms with E-state index in [9.17, 15) is 4.79 Å². The van der Waals surface area contributed by atoms with Crippen molar-refractivity contribution in [2.45, 2.75) is 33.2 Å². The highest BCUT2D eigenvalue weighted by Crippen LogP contribution is 2.22. The van der Waals surface area contributed by atoms with Gasteiger partial charge >= 0.3 is 0 Å². The summed E-state index contributed by atoms with van der Waals surface area (Å²) in [5, 5.41) is 5.73. The van der Waals surface area contributed by atoms with Crippen LogP contribution in [0.3, 0.4) is 0 Å². The van der Waals surface area contributed by atoms with Crippen molar-refractivity contribution in [2.75, 3.05) is 0 Å². The Bertz CT molecular complexity index is 401. The van der Waals surface area contributed by atoms with Gasteiger partial charge in [0, 0.05) is 11.6 Å². The number of rotatable bonds is 5. The summed E-state index contributed by atoms with van der Waals surface area (Å²) in [7, 11) is 0. The first-order valence-electron chi connectivity index (χ1n) is 5.39. The van der Waals surface area contributed by atoms with Gasteiger partial charge in [-0.3, -0.25) is 4.79 Å². The molecule has 1 unspecified atom stereocenters. The maximum absolute atomic E-state index is 12.1. The van der Waals surface area contributed by atoms with Gasteiger partial charge in [-0.05, 0) is 20.3 Å². The minimum absolute atomic E-state index is 0.0730. The van der Waals surface area contributed by atoms with E-state index in [2.05, 4.69) is 10.3 Å². The molecule has 0 saturated carbocycles. The maximum atomic E-state index is 12.1. The van der Waals surface area contributed by atoms with E-state index in [4.69, 9.17) is 18.0 Å². The molecule has 0 radical (unpaired) electrons. The summed E-state index contributed by atoms with van der Waals surface area (Å²) >= 11 is 6.43. The first-order chi connectivity index (χ1) is 7.89. The quantitative estimate of drug-likeness (QED) is 0.804. The van der Waals surface area contributed by atoms with E-state index >= 15 is 0 Å². The van der Waals surface area contributed by atoms with E-state index in [0.29, 0.717) is 0 Å². The first-order valence-corrected chi connectivity index (χ1v) is 6.68. The minimum atomic E-state index is -0.833. The summed E-state index contributed by atoms with van der Waals surface area (Å²) in [5.41, 5.74) is 4.73. The lowest BCUT2D eigenvalue weighted by atomic mass is 9.92. The van der Waals surface area contributed by atoms with Crippen LogP contribution in [0.4, 0.5) is 0 Å². The number of aromatic nitrogens is 1. The van der Waals surface area contributed by atoms with Crippen molar-refractivity contribution < 1.29 is 4.79 Å². The number of thiocarbonyl (C=S) groups is 1. The molecule has 1 heterocycles. The second kappa shape index (κ2) is 5.55. The Morgan fingerprint density at radius 3 is 2.76 bits per heavy atom. The molecule has 4 nitrogen and oxygen atoms in total. The zero-order chi connectivity index (χ0) is 13.1. The number of thiazole rings is 1. The van der Waals surface area contributed by atoms with E-state index < -0.39 is 5.41 Å². The maximum Gasteiger partial charge on any atom is 0.233 e. The van der Waals surface area contributed by atoms with Gasteiger partial charge in [-0.25, -0.2) is 4.98 Å². The SMILES string of the molecule is CCC(NC(=O)C(C)(C)C(N)=S)c1nccs1. The molecule has 1 atom stereocenters. The molecule has 6 heteroatoms. The standard InChI is InChI=1S/C11H17N3OS2/c1-4-7(8-13-5-6-17-8)14-10(15)11(2,3)9(12)16/h5-7H,4H2,1-3H3,(H2,12,16)(H,14,15). The van der Waals surface area contributed by atoms with Gasteiger partial charge in [0.2, 0.25) is 5.91 Å². The molecule has 0 aliphatic rings. The molecule has 0 saturated heterocycles. The van der Waals surface area contributed by atoms with Crippen LogP contribution in [0.5, 0.6) is 0 Å². The zero-order valence-electron chi connectivity index (χ0n) is 10.2. The van der Waals surface area contributed by atoms with Crippen molar-refractivity contribution in [3.63, 3.8) is 0 Å². The highest BCUT2D eigenvalue weighted by molar-refractivity contribution is 7.80. The predicted octanol–water partition coefficient (Wildman–Crippen LogP) is 2.02. The molecule has 0 spiro atoms. The third kappa shape index (κ3) is 3.23. The van der Waals surface area contributed by atoms with Crippen molar-refractivity contribution >= 4 is 34.5 Å². The van der Waals surface area contributed by atoms with Crippen molar-refractivity contribution in [3.8, 4) is 0 Å². The molecule has 0 aliphatic carbocycles. The Kier molecular flexibility index (Phi) is 4.59. The van der Waals surface area contributed by atoms with Gasteiger partial charge < -0.3 is 11.1 Å². The normalized spacial score (nSPS) is 13.1. The third-order valence-corrected chi connectivity index (χ3v) is 4.05. The lowest BCUT2D eigenvalue weighted by molar-refractivity contribution is -0.127. The number of hydrogen-bond donors (Lipinski definition) is 2. The van der Waals surface area contributed by atoms with Crippen LogP contribution in [-0.4, -0.2) is 15.9 Å². The molecular formula is C11H17N3OS2. The number of amides is 1. The molecule has 1 rings (SSSR count). The average molecular weight is 271 g/mol. The average Bonchev–Trinajstić information content (AvgIpc) is 2.78. The third-order valence-electron chi connectivity index (χ3n) is 2.65. The van der Waals surface area contributed by atoms with E-state index in [0.717, 1.165) is 11.4 Å². The van der Waals surface area contributed by atoms with Crippen LogP contribution in [0.15, 0.2) is 11.6 Å². The van der Waals surface area contributed by atoms with Crippen LogP contribution in [0.1, 0.15) is 38.2 Å². The highest BCUT2D eigenvalue weighted by atomic mass is 32.1. The highest BCUT2D eigenvalue weighted by Gasteiger charge is 2.32. The fourth-order valence-corrected chi connectivity index (χ4v) is 2.06. The van der Waals surface area contributed by atoms with Gasteiger partial charge in [-0.1, -0.05) is 19.1 Å². The second-order valence-electron chi connectivity index (χ2n) is 4.29. The van der Waals surface area contributed by atoms with Crippen molar-refractivity contribution in [3.05, 3.63) is 16.6 Å². The monoisotopic (exact) mass is 271 g/mol. The van der Waals surface area contributed by atoms with Gasteiger partial charge in [0.1, 0.15) is 5.01 Å². The van der Waals surface area contributed by atoms with Gasteiger partial charge in [0.25, 0.3) is 0 Å². The summed E-state index contributed by atoms with van der Waals surface area (Å²) in [6, 6.07) is -0.0730. The van der Waals surface area contributed by atoms with Crippen LogP contribution in [-0.2, 0) is 4.79 Å². The van der Waals surface area contributed by atoms with Crippen LogP contribution < -0.4 is 11.1 Å². The Morgan fingerprint density at radius 2 is 2.35 bits per heavy atom. The van der Waals surface area contributed by atoms with Crippen LogP contribution >= 0.6 is 23.6 Å². The number of carbonyl (C=O) groups excluding carboxylic acids is 1. The lowest BCUT2D eigenvalue weighted by Crippen LogP contribution is -2.45. The molecule has 0 fully saturated rings. The van der Waals surface area contributed by atoms with Crippen LogP contribution in [0.25, 0.3) is 0 Å². The number of nitrogens with zero attached hydrogens (tertiary/aromatic N) is 1. The van der Waals surface area contributed by atoms with Crippen molar-refractivity contribution in [1.82, 2.24) is 10.3 Å². The van der Waals surface area contributed by atoms with Crippen LogP contribution in [0, 0.1) is 5.41 Å². The van der Waals surface area contributed by atoms with E-state index in [1.807, 2.05) is 12.3 Å². The van der Waals surface area contributed by atoms with Crippen molar-refractivity contribution in [2.24, 2.45) is 11.1 Å². The Hall–Kier alpha value is -1.01.